The van der Waals surface area contributed by atoms with Crippen molar-refractivity contribution in [1.29, 1.82) is 0 Å². The van der Waals surface area contributed by atoms with Gasteiger partial charge >= 0.3 is 5.97 Å². The van der Waals surface area contributed by atoms with Gasteiger partial charge in [0.25, 0.3) is 0 Å². The second kappa shape index (κ2) is 5.14. The zero-order valence-corrected chi connectivity index (χ0v) is 11.9. The smallest absolute Gasteiger partial charge is 0.317 e. The molecule has 0 radical (unpaired) electrons. The lowest BCUT2D eigenvalue weighted by atomic mass is 10.1. The van der Waals surface area contributed by atoms with Crippen LogP contribution in [0, 0.1) is 13.8 Å². The molecular weight excluding hydrogens is 236 g/mol. The lowest BCUT2D eigenvalue weighted by Gasteiger charge is -2.34. The molecule has 1 rings (SSSR count). The van der Waals surface area contributed by atoms with E-state index in [1.165, 1.54) is 0 Å². The molecule has 17 heavy (non-hydrogen) atoms. The summed E-state index contributed by atoms with van der Waals surface area (Å²) in [5, 5.41) is 9.98. The first-order valence-corrected chi connectivity index (χ1v) is 6.41. The third-order valence-electron chi connectivity index (χ3n) is 2.61. The minimum Gasteiger partial charge on any atom is -0.480 e. The maximum Gasteiger partial charge on any atom is 0.317 e. The SMILES string of the molecule is Cc1nc(C)c(CN(CC(=O)O)C(C)(C)C)s1. The molecular formula is C12H20N2O2S. The Morgan fingerprint density at radius 1 is 1.41 bits per heavy atom. The van der Waals surface area contributed by atoms with Crippen molar-refractivity contribution in [2.24, 2.45) is 0 Å². The van der Waals surface area contributed by atoms with E-state index in [0.717, 1.165) is 15.6 Å². The summed E-state index contributed by atoms with van der Waals surface area (Å²) in [6.07, 6.45) is 0. The fourth-order valence-electron chi connectivity index (χ4n) is 1.59. The van der Waals surface area contributed by atoms with Crippen molar-refractivity contribution in [3.8, 4) is 0 Å². The van der Waals surface area contributed by atoms with Crippen LogP contribution in [0.1, 0.15) is 36.3 Å². The number of aromatic nitrogens is 1. The van der Waals surface area contributed by atoms with Crippen molar-refractivity contribution in [2.75, 3.05) is 6.54 Å². The highest BCUT2D eigenvalue weighted by molar-refractivity contribution is 7.11. The predicted octanol–water partition coefficient (Wildman–Crippen LogP) is 2.45. The van der Waals surface area contributed by atoms with Crippen molar-refractivity contribution in [1.82, 2.24) is 9.88 Å². The first-order valence-electron chi connectivity index (χ1n) is 5.60. The van der Waals surface area contributed by atoms with Crippen molar-refractivity contribution in [2.45, 2.75) is 46.7 Å². The predicted molar refractivity (Wildman–Crippen MR) is 69.4 cm³/mol. The third-order valence-corrected chi connectivity index (χ3v) is 3.67. The van der Waals surface area contributed by atoms with Gasteiger partial charge in [-0.2, -0.15) is 0 Å². The van der Waals surface area contributed by atoms with Gasteiger partial charge in [0.1, 0.15) is 0 Å². The average molecular weight is 256 g/mol. The summed E-state index contributed by atoms with van der Waals surface area (Å²) in [6.45, 7) is 10.7. The molecule has 0 saturated carbocycles. The number of carboxylic acids is 1. The van der Waals surface area contributed by atoms with Crippen LogP contribution in [0.25, 0.3) is 0 Å². The first kappa shape index (κ1) is 14.1. The molecule has 0 amide bonds. The summed E-state index contributed by atoms with van der Waals surface area (Å²) in [4.78, 5) is 18.4. The molecule has 0 aliphatic heterocycles. The van der Waals surface area contributed by atoms with Crippen molar-refractivity contribution in [3.05, 3.63) is 15.6 Å². The number of hydrogen-bond acceptors (Lipinski definition) is 4. The monoisotopic (exact) mass is 256 g/mol. The van der Waals surface area contributed by atoms with Crippen LogP contribution in [-0.4, -0.2) is 33.0 Å². The van der Waals surface area contributed by atoms with Gasteiger partial charge in [0.15, 0.2) is 0 Å². The van der Waals surface area contributed by atoms with Crippen LogP contribution in [-0.2, 0) is 11.3 Å². The largest absolute Gasteiger partial charge is 0.480 e. The van der Waals surface area contributed by atoms with Gasteiger partial charge in [-0.25, -0.2) is 4.98 Å². The van der Waals surface area contributed by atoms with E-state index in [1.54, 1.807) is 11.3 Å². The van der Waals surface area contributed by atoms with E-state index in [9.17, 15) is 4.79 Å². The van der Waals surface area contributed by atoms with Crippen LogP contribution in [0.3, 0.4) is 0 Å². The quantitative estimate of drug-likeness (QED) is 0.899. The Bertz CT molecular complexity index is 407. The molecule has 0 aromatic carbocycles. The van der Waals surface area contributed by atoms with E-state index < -0.39 is 5.97 Å². The Kier molecular flexibility index (Phi) is 4.27. The molecule has 0 saturated heterocycles. The summed E-state index contributed by atoms with van der Waals surface area (Å²) in [5.41, 5.74) is 0.843. The molecule has 0 unspecified atom stereocenters. The second-order valence-electron chi connectivity index (χ2n) is 5.16. The number of rotatable bonds is 4. The molecule has 5 heteroatoms. The minimum absolute atomic E-state index is 0.0554. The molecule has 1 aromatic heterocycles. The van der Waals surface area contributed by atoms with Crippen molar-refractivity contribution in [3.63, 3.8) is 0 Å². The molecule has 1 heterocycles. The van der Waals surface area contributed by atoms with Crippen LogP contribution in [0.15, 0.2) is 0 Å². The van der Waals surface area contributed by atoms with E-state index in [1.807, 2.05) is 39.5 Å². The molecule has 0 aliphatic carbocycles. The summed E-state index contributed by atoms with van der Waals surface area (Å²) in [7, 11) is 0. The van der Waals surface area contributed by atoms with Crippen LogP contribution >= 0.6 is 11.3 Å². The van der Waals surface area contributed by atoms with Crippen LogP contribution in [0.5, 0.6) is 0 Å². The highest BCUT2D eigenvalue weighted by Crippen LogP contribution is 2.23. The van der Waals surface area contributed by atoms with Crippen molar-refractivity contribution >= 4 is 17.3 Å². The number of carbonyl (C=O) groups is 1. The molecule has 0 spiro atoms. The standard InChI is InChI=1S/C12H20N2O2S/c1-8-10(17-9(2)13-8)6-14(7-11(15)16)12(3,4)5/h6-7H2,1-5H3,(H,15,16). The molecule has 96 valence electrons. The molecule has 1 aromatic rings. The van der Waals surface area contributed by atoms with Gasteiger partial charge < -0.3 is 5.11 Å². The molecule has 0 bridgehead atoms. The Morgan fingerprint density at radius 2 is 2.00 bits per heavy atom. The summed E-state index contributed by atoms with van der Waals surface area (Å²) >= 11 is 1.64. The summed E-state index contributed by atoms with van der Waals surface area (Å²) < 4.78 is 0. The zero-order chi connectivity index (χ0) is 13.2. The number of hydrogen-bond donors (Lipinski definition) is 1. The van der Waals surface area contributed by atoms with Gasteiger partial charge in [0, 0.05) is 17.0 Å². The van der Waals surface area contributed by atoms with E-state index in [-0.39, 0.29) is 12.1 Å². The Hall–Kier alpha value is -0.940. The highest BCUT2D eigenvalue weighted by atomic mass is 32.1. The average Bonchev–Trinajstić information content (AvgIpc) is 2.41. The van der Waals surface area contributed by atoms with Gasteiger partial charge in [0.05, 0.1) is 17.2 Å². The van der Waals surface area contributed by atoms with Gasteiger partial charge in [-0.05, 0) is 34.6 Å². The molecule has 0 atom stereocenters. The maximum absolute atomic E-state index is 10.9. The van der Waals surface area contributed by atoms with Gasteiger partial charge in [0.2, 0.25) is 0 Å². The van der Waals surface area contributed by atoms with Gasteiger partial charge in [-0.1, -0.05) is 0 Å². The first-order chi connectivity index (χ1) is 7.70. The molecule has 0 fully saturated rings. The van der Waals surface area contributed by atoms with E-state index in [2.05, 4.69) is 4.98 Å². The van der Waals surface area contributed by atoms with Crippen LogP contribution in [0.4, 0.5) is 0 Å². The molecule has 1 N–H and O–H groups in total. The van der Waals surface area contributed by atoms with Crippen LogP contribution < -0.4 is 0 Å². The fraction of sp³-hybridized carbons (Fsp3) is 0.667. The summed E-state index contributed by atoms with van der Waals surface area (Å²) in [5.74, 6) is -0.793. The van der Waals surface area contributed by atoms with Gasteiger partial charge in [-0.3, -0.25) is 9.69 Å². The lowest BCUT2D eigenvalue weighted by Crippen LogP contribution is -2.43. The molecule has 4 nitrogen and oxygen atoms in total. The Balaban J connectivity index is 2.86. The Morgan fingerprint density at radius 3 is 2.35 bits per heavy atom. The lowest BCUT2D eigenvalue weighted by molar-refractivity contribution is -0.139. The van der Waals surface area contributed by atoms with E-state index in [4.69, 9.17) is 5.11 Å². The fourth-order valence-corrected chi connectivity index (χ4v) is 2.54. The molecule has 0 aliphatic rings. The van der Waals surface area contributed by atoms with Crippen molar-refractivity contribution < 1.29 is 9.90 Å². The van der Waals surface area contributed by atoms with Crippen LogP contribution in [0.2, 0.25) is 0 Å². The Labute approximate surface area is 106 Å². The van der Waals surface area contributed by atoms with E-state index >= 15 is 0 Å². The number of aliphatic carboxylic acids is 1. The number of aryl methyl sites for hydroxylation is 2. The zero-order valence-electron chi connectivity index (χ0n) is 11.1. The maximum atomic E-state index is 10.9. The minimum atomic E-state index is -0.793. The topological polar surface area (TPSA) is 53.4 Å². The number of carboxylic acid groups (broad SMARTS) is 1. The van der Waals surface area contributed by atoms with E-state index in [0.29, 0.717) is 6.54 Å². The normalized spacial score (nSPS) is 12.1. The highest BCUT2D eigenvalue weighted by Gasteiger charge is 2.24. The third kappa shape index (κ3) is 4.09. The van der Waals surface area contributed by atoms with Gasteiger partial charge in [-0.15, -0.1) is 11.3 Å². The number of nitrogens with zero attached hydrogens (tertiary/aromatic N) is 2. The summed E-state index contributed by atoms with van der Waals surface area (Å²) in [6, 6.07) is 0. The second-order valence-corrected chi connectivity index (χ2v) is 6.45. The number of thiazole rings is 1.